The van der Waals surface area contributed by atoms with Gasteiger partial charge in [0, 0.05) is 33.3 Å². The minimum absolute atomic E-state index is 0.0530. The van der Waals surface area contributed by atoms with Crippen molar-refractivity contribution < 1.29 is 9.90 Å². The molecule has 0 fully saturated rings. The number of carbonyl (C=O) groups excluding carboxylic acids is 1. The largest absolute Gasteiger partial charge is 0.394 e. The Hall–Kier alpha value is -1.40. The number of nitrogens with two attached hydrogens (primary N) is 1. The lowest BCUT2D eigenvalue weighted by Crippen LogP contribution is -2.24. The van der Waals surface area contributed by atoms with E-state index in [1.165, 1.54) is 0 Å². The summed E-state index contributed by atoms with van der Waals surface area (Å²) < 4.78 is 1.79. The van der Waals surface area contributed by atoms with Crippen molar-refractivity contribution in [1.82, 2.24) is 14.5 Å². The van der Waals surface area contributed by atoms with Gasteiger partial charge in [-0.05, 0) is 0 Å². The van der Waals surface area contributed by atoms with E-state index < -0.39 is 6.04 Å². The number of amides is 1. The quantitative estimate of drug-likeness (QED) is 0.699. The summed E-state index contributed by atoms with van der Waals surface area (Å²) in [5.41, 5.74) is 6.44. The summed E-state index contributed by atoms with van der Waals surface area (Å²) in [7, 11) is 3.44. The SMILES string of the molecule is CN(C)C(=O)CCn1cncc1C(N)CO. The van der Waals surface area contributed by atoms with Gasteiger partial charge in [0.25, 0.3) is 0 Å². The van der Waals surface area contributed by atoms with Gasteiger partial charge < -0.3 is 20.3 Å². The number of aliphatic hydroxyl groups is 1. The normalized spacial score (nSPS) is 12.5. The summed E-state index contributed by atoms with van der Waals surface area (Å²) in [6.45, 7) is 0.396. The third-order valence-electron chi connectivity index (χ3n) is 2.39. The van der Waals surface area contributed by atoms with Gasteiger partial charge in [-0.15, -0.1) is 0 Å². The van der Waals surface area contributed by atoms with Gasteiger partial charge in [-0.1, -0.05) is 0 Å². The average molecular weight is 226 g/mol. The molecule has 1 rings (SSSR count). The predicted molar refractivity (Wildman–Crippen MR) is 59.6 cm³/mol. The highest BCUT2D eigenvalue weighted by atomic mass is 16.3. The van der Waals surface area contributed by atoms with Crippen LogP contribution in [0.1, 0.15) is 18.2 Å². The van der Waals surface area contributed by atoms with Crippen molar-refractivity contribution in [3.8, 4) is 0 Å². The Morgan fingerprint density at radius 3 is 2.94 bits per heavy atom. The fourth-order valence-electron chi connectivity index (χ4n) is 1.36. The van der Waals surface area contributed by atoms with Crippen LogP contribution in [0.3, 0.4) is 0 Å². The number of hydrogen-bond acceptors (Lipinski definition) is 4. The fraction of sp³-hybridized carbons (Fsp3) is 0.600. The second-order valence-electron chi connectivity index (χ2n) is 3.84. The molecule has 16 heavy (non-hydrogen) atoms. The molecule has 1 atom stereocenters. The third kappa shape index (κ3) is 3.04. The molecule has 6 nitrogen and oxygen atoms in total. The van der Waals surface area contributed by atoms with Crippen LogP contribution in [-0.2, 0) is 11.3 Å². The lowest BCUT2D eigenvalue weighted by molar-refractivity contribution is -0.128. The Morgan fingerprint density at radius 2 is 2.38 bits per heavy atom. The lowest BCUT2D eigenvalue weighted by Gasteiger charge is -2.14. The van der Waals surface area contributed by atoms with Gasteiger partial charge in [-0.25, -0.2) is 4.98 Å². The van der Waals surface area contributed by atoms with E-state index in [1.54, 1.807) is 36.1 Å². The van der Waals surface area contributed by atoms with Crippen molar-refractivity contribution in [3.63, 3.8) is 0 Å². The Labute approximate surface area is 94.7 Å². The highest BCUT2D eigenvalue weighted by Crippen LogP contribution is 2.09. The van der Waals surface area contributed by atoms with E-state index in [2.05, 4.69) is 4.98 Å². The molecule has 0 aliphatic heterocycles. The van der Waals surface area contributed by atoms with Crippen LogP contribution in [0.2, 0.25) is 0 Å². The number of aliphatic hydroxyl groups excluding tert-OH is 1. The third-order valence-corrected chi connectivity index (χ3v) is 2.39. The van der Waals surface area contributed by atoms with Gasteiger partial charge in [0.05, 0.1) is 24.7 Å². The number of rotatable bonds is 5. The summed E-state index contributed by atoms with van der Waals surface area (Å²) in [4.78, 5) is 16.9. The van der Waals surface area contributed by atoms with Crippen molar-refractivity contribution in [3.05, 3.63) is 18.2 Å². The van der Waals surface area contributed by atoms with Crippen molar-refractivity contribution in [2.45, 2.75) is 19.0 Å². The molecule has 3 N–H and O–H groups in total. The van der Waals surface area contributed by atoms with Crippen LogP contribution in [0.4, 0.5) is 0 Å². The van der Waals surface area contributed by atoms with Gasteiger partial charge in [-0.2, -0.15) is 0 Å². The summed E-state index contributed by atoms with van der Waals surface area (Å²) in [6, 6.07) is -0.447. The van der Waals surface area contributed by atoms with Gasteiger partial charge >= 0.3 is 0 Å². The lowest BCUT2D eigenvalue weighted by atomic mass is 10.2. The van der Waals surface area contributed by atoms with Crippen LogP contribution in [0.5, 0.6) is 0 Å². The molecular weight excluding hydrogens is 208 g/mol. The number of nitrogens with zero attached hydrogens (tertiary/aromatic N) is 3. The number of aromatic nitrogens is 2. The van der Waals surface area contributed by atoms with Crippen LogP contribution >= 0.6 is 0 Å². The maximum Gasteiger partial charge on any atom is 0.223 e. The van der Waals surface area contributed by atoms with E-state index in [4.69, 9.17) is 10.8 Å². The molecule has 0 spiro atoms. The zero-order chi connectivity index (χ0) is 12.1. The van der Waals surface area contributed by atoms with Crippen molar-refractivity contribution in [2.75, 3.05) is 20.7 Å². The van der Waals surface area contributed by atoms with E-state index in [0.29, 0.717) is 13.0 Å². The van der Waals surface area contributed by atoms with Gasteiger partial charge in [0.2, 0.25) is 5.91 Å². The first-order valence-corrected chi connectivity index (χ1v) is 5.13. The van der Waals surface area contributed by atoms with Gasteiger partial charge in [0.15, 0.2) is 0 Å². The molecule has 1 unspecified atom stereocenters. The second kappa shape index (κ2) is 5.62. The first-order valence-electron chi connectivity index (χ1n) is 5.13. The van der Waals surface area contributed by atoms with Crippen LogP contribution in [0.15, 0.2) is 12.5 Å². The standard InChI is InChI=1S/C10H18N4O2/c1-13(2)10(16)3-4-14-7-12-5-9(14)8(11)6-15/h5,7-8,15H,3-4,6,11H2,1-2H3. The van der Waals surface area contributed by atoms with E-state index in [-0.39, 0.29) is 12.5 Å². The maximum absolute atomic E-state index is 11.4. The molecule has 0 radical (unpaired) electrons. The number of carbonyl (C=O) groups is 1. The molecule has 0 aliphatic rings. The number of hydrogen-bond donors (Lipinski definition) is 2. The molecule has 0 saturated heterocycles. The molecule has 1 heterocycles. The molecule has 0 saturated carbocycles. The first-order chi connectivity index (χ1) is 7.56. The smallest absolute Gasteiger partial charge is 0.223 e. The monoisotopic (exact) mass is 226 g/mol. The topological polar surface area (TPSA) is 84.4 Å². The molecule has 1 amide bonds. The first kappa shape index (κ1) is 12.7. The molecular formula is C10H18N4O2. The molecule has 0 aromatic carbocycles. The van der Waals surface area contributed by atoms with Crippen molar-refractivity contribution in [1.29, 1.82) is 0 Å². The maximum atomic E-state index is 11.4. The highest BCUT2D eigenvalue weighted by Gasteiger charge is 2.11. The Bertz CT molecular complexity index is 348. The fourth-order valence-corrected chi connectivity index (χ4v) is 1.36. The Kier molecular flexibility index (Phi) is 4.45. The predicted octanol–water partition coefficient (Wildman–Crippen LogP) is -0.646. The molecule has 0 bridgehead atoms. The summed E-state index contributed by atoms with van der Waals surface area (Å²) in [6.07, 6.45) is 3.63. The number of imidazole rings is 1. The summed E-state index contributed by atoms with van der Waals surface area (Å²) in [5, 5.41) is 8.96. The van der Waals surface area contributed by atoms with Crippen LogP contribution in [0, 0.1) is 0 Å². The van der Waals surface area contributed by atoms with E-state index in [0.717, 1.165) is 5.69 Å². The van der Waals surface area contributed by atoms with Gasteiger partial charge in [0.1, 0.15) is 0 Å². The zero-order valence-electron chi connectivity index (χ0n) is 9.63. The zero-order valence-corrected chi connectivity index (χ0v) is 9.63. The molecule has 1 aromatic heterocycles. The van der Waals surface area contributed by atoms with E-state index in [1.807, 2.05) is 0 Å². The molecule has 6 heteroatoms. The average Bonchev–Trinajstić information content (AvgIpc) is 2.72. The minimum atomic E-state index is -0.447. The van der Waals surface area contributed by atoms with Crippen LogP contribution in [-0.4, -0.2) is 46.2 Å². The van der Waals surface area contributed by atoms with Crippen molar-refractivity contribution in [2.24, 2.45) is 5.73 Å². The molecule has 1 aromatic rings. The highest BCUT2D eigenvalue weighted by molar-refractivity contribution is 5.75. The minimum Gasteiger partial charge on any atom is -0.394 e. The van der Waals surface area contributed by atoms with Crippen LogP contribution in [0.25, 0.3) is 0 Å². The van der Waals surface area contributed by atoms with E-state index >= 15 is 0 Å². The van der Waals surface area contributed by atoms with Gasteiger partial charge in [-0.3, -0.25) is 4.79 Å². The van der Waals surface area contributed by atoms with E-state index in [9.17, 15) is 4.79 Å². The van der Waals surface area contributed by atoms with Crippen molar-refractivity contribution >= 4 is 5.91 Å². The summed E-state index contributed by atoms with van der Waals surface area (Å²) in [5.74, 6) is 0.0530. The second-order valence-corrected chi connectivity index (χ2v) is 3.84. The molecule has 90 valence electrons. The Morgan fingerprint density at radius 1 is 1.69 bits per heavy atom. The number of aryl methyl sites for hydroxylation is 1. The van der Waals surface area contributed by atoms with Crippen LogP contribution < -0.4 is 5.73 Å². The summed E-state index contributed by atoms with van der Waals surface area (Å²) >= 11 is 0. The molecule has 0 aliphatic carbocycles. The Balaban J connectivity index is 2.61.